The van der Waals surface area contributed by atoms with E-state index in [9.17, 15) is 14.3 Å². The highest BCUT2D eigenvalue weighted by molar-refractivity contribution is 7.52. The Bertz CT molecular complexity index is 573. The van der Waals surface area contributed by atoms with E-state index in [0.29, 0.717) is 13.0 Å². The first-order valence-corrected chi connectivity index (χ1v) is 17.5. The Morgan fingerprint density at radius 2 is 1.24 bits per heavy atom. The average Bonchev–Trinajstić information content (AvgIpc) is 2.88. The van der Waals surface area contributed by atoms with E-state index in [1.54, 1.807) is 0 Å². The van der Waals surface area contributed by atoms with E-state index in [0.717, 1.165) is 38.9 Å². The fourth-order valence-corrected chi connectivity index (χ4v) is 5.74. The van der Waals surface area contributed by atoms with Gasteiger partial charge < -0.3 is 23.8 Å². The fourth-order valence-electron chi connectivity index (χ4n) is 4.59. The summed E-state index contributed by atoms with van der Waals surface area (Å²) in [7, 11) is -3.71. The first-order valence-electron chi connectivity index (χ1n) is 15.8. The van der Waals surface area contributed by atoms with Gasteiger partial charge in [0, 0.05) is 13.5 Å². The average molecular weight is 564 g/mol. The molecule has 0 aromatic heterocycles. The van der Waals surface area contributed by atoms with Crippen molar-refractivity contribution >= 4 is 13.6 Å². The molecule has 2 unspecified atom stereocenters. The SMILES string of the molecule is CCCCCCCCCCCCCCCCCOCC(COP(=O)(O)CCCCN(CC)CC)OC(C)=O. The molecule has 0 fully saturated rings. The topological polar surface area (TPSA) is 85.3 Å². The van der Waals surface area contributed by atoms with E-state index in [-0.39, 0.29) is 19.4 Å². The summed E-state index contributed by atoms with van der Waals surface area (Å²) in [5, 5.41) is 0. The van der Waals surface area contributed by atoms with Crippen molar-refractivity contribution in [3.63, 3.8) is 0 Å². The second-order valence-corrected chi connectivity index (χ2v) is 12.6. The van der Waals surface area contributed by atoms with Crippen LogP contribution in [0.5, 0.6) is 0 Å². The molecule has 0 aliphatic carbocycles. The molecular weight excluding hydrogens is 501 g/mol. The van der Waals surface area contributed by atoms with E-state index in [2.05, 4.69) is 25.7 Å². The summed E-state index contributed by atoms with van der Waals surface area (Å²) >= 11 is 0. The number of nitrogens with zero attached hydrogens (tertiary/aromatic N) is 1. The molecule has 1 N–H and O–H groups in total. The summed E-state index contributed by atoms with van der Waals surface area (Å²) in [6.45, 7) is 11.3. The van der Waals surface area contributed by atoms with Crippen molar-refractivity contribution in [3.05, 3.63) is 0 Å². The van der Waals surface area contributed by atoms with Crippen LogP contribution in [0.4, 0.5) is 0 Å². The highest BCUT2D eigenvalue weighted by Crippen LogP contribution is 2.42. The molecule has 0 aromatic carbocycles. The Balaban J connectivity index is 3.78. The van der Waals surface area contributed by atoms with E-state index < -0.39 is 19.7 Å². The first-order chi connectivity index (χ1) is 18.3. The second kappa shape index (κ2) is 26.7. The molecular formula is C30H62NO6P. The summed E-state index contributed by atoms with van der Waals surface area (Å²) in [5.74, 6) is -0.443. The predicted molar refractivity (Wildman–Crippen MR) is 159 cm³/mol. The zero-order chi connectivity index (χ0) is 28.3. The van der Waals surface area contributed by atoms with Crippen LogP contribution in [0.15, 0.2) is 0 Å². The number of unbranched alkanes of at least 4 members (excludes halogenated alkanes) is 15. The Morgan fingerprint density at radius 1 is 0.737 bits per heavy atom. The summed E-state index contributed by atoms with van der Waals surface area (Å²) < 4.78 is 28.6. The number of hydrogen-bond donors (Lipinski definition) is 1. The molecule has 228 valence electrons. The van der Waals surface area contributed by atoms with Crippen LogP contribution in [0, 0.1) is 0 Å². The van der Waals surface area contributed by atoms with Gasteiger partial charge in [-0.15, -0.1) is 0 Å². The lowest BCUT2D eigenvalue weighted by molar-refractivity contribution is -0.151. The predicted octanol–water partition coefficient (Wildman–Crippen LogP) is 8.13. The zero-order valence-corrected chi connectivity index (χ0v) is 26.3. The minimum atomic E-state index is -3.71. The number of rotatable bonds is 29. The molecule has 0 bridgehead atoms. The highest BCUT2D eigenvalue weighted by Gasteiger charge is 2.23. The molecule has 0 amide bonds. The number of hydrogen-bond acceptors (Lipinski definition) is 6. The van der Waals surface area contributed by atoms with Crippen LogP contribution in [-0.4, -0.2) is 67.5 Å². The van der Waals surface area contributed by atoms with Crippen molar-refractivity contribution in [2.75, 3.05) is 45.6 Å². The fraction of sp³-hybridized carbons (Fsp3) is 0.967. The lowest BCUT2D eigenvalue weighted by atomic mass is 10.0. The van der Waals surface area contributed by atoms with Crippen molar-refractivity contribution in [3.8, 4) is 0 Å². The van der Waals surface area contributed by atoms with Crippen LogP contribution in [0.1, 0.15) is 137 Å². The third-order valence-electron chi connectivity index (χ3n) is 7.05. The lowest BCUT2D eigenvalue weighted by Gasteiger charge is -2.20. The maximum absolute atomic E-state index is 12.4. The van der Waals surface area contributed by atoms with Crippen molar-refractivity contribution in [2.45, 2.75) is 143 Å². The van der Waals surface area contributed by atoms with Gasteiger partial charge in [-0.3, -0.25) is 9.36 Å². The van der Waals surface area contributed by atoms with Gasteiger partial charge in [0.05, 0.1) is 19.4 Å². The molecule has 0 aliphatic heterocycles. The summed E-state index contributed by atoms with van der Waals surface area (Å²) in [6, 6.07) is 0. The minimum absolute atomic E-state index is 0.112. The first kappa shape index (κ1) is 37.5. The van der Waals surface area contributed by atoms with Gasteiger partial charge in [0.1, 0.15) is 6.10 Å². The van der Waals surface area contributed by atoms with E-state index in [1.807, 2.05) is 0 Å². The Labute approximate surface area is 235 Å². The molecule has 0 saturated carbocycles. The van der Waals surface area contributed by atoms with Gasteiger partial charge in [-0.1, -0.05) is 111 Å². The van der Waals surface area contributed by atoms with Gasteiger partial charge in [0.2, 0.25) is 0 Å². The number of esters is 1. The van der Waals surface area contributed by atoms with Gasteiger partial charge in [-0.25, -0.2) is 0 Å². The molecule has 2 atom stereocenters. The number of carbonyl (C=O) groups excluding carboxylic acids is 1. The monoisotopic (exact) mass is 563 g/mol. The van der Waals surface area contributed by atoms with Crippen molar-refractivity contribution in [1.29, 1.82) is 0 Å². The zero-order valence-electron chi connectivity index (χ0n) is 25.4. The largest absolute Gasteiger partial charge is 0.458 e. The number of ether oxygens (including phenoxy) is 2. The molecule has 0 aliphatic rings. The molecule has 0 radical (unpaired) electrons. The molecule has 38 heavy (non-hydrogen) atoms. The van der Waals surface area contributed by atoms with E-state index in [1.165, 1.54) is 90.4 Å². The third kappa shape index (κ3) is 25.8. The lowest BCUT2D eigenvalue weighted by Crippen LogP contribution is -2.27. The Morgan fingerprint density at radius 3 is 1.71 bits per heavy atom. The van der Waals surface area contributed by atoms with Gasteiger partial charge >= 0.3 is 13.6 Å². The molecule has 0 rings (SSSR count). The van der Waals surface area contributed by atoms with Gasteiger partial charge in [0.15, 0.2) is 0 Å². The summed E-state index contributed by atoms with van der Waals surface area (Å²) in [5.41, 5.74) is 0. The molecule has 7 nitrogen and oxygen atoms in total. The minimum Gasteiger partial charge on any atom is -0.458 e. The van der Waals surface area contributed by atoms with Crippen molar-refractivity contribution in [1.82, 2.24) is 4.90 Å². The maximum Gasteiger partial charge on any atom is 0.328 e. The summed E-state index contributed by atoms with van der Waals surface area (Å²) in [4.78, 5) is 23.8. The van der Waals surface area contributed by atoms with Crippen LogP contribution in [0.2, 0.25) is 0 Å². The normalized spacial score (nSPS) is 14.1. The third-order valence-corrected chi connectivity index (χ3v) is 8.48. The van der Waals surface area contributed by atoms with Crippen LogP contribution < -0.4 is 0 Å². The molecule has 0 saturated heterocycles. The number of carbonyl (C=O) groups is 1. The van der Waals surface area contributed by atoms with Crippen LogP contribution >= 0.6 is 7.60 Å². The van der Waals surface area contributed by atoms with Crippen molar-refractivity contribution < 1.29 is 28.3 Å². The van der Waals surface area contributed by atoms with Gasteiger partial charge in [0.25, 0.3) is 0 Å². The van der Waals surface area contributed by atoms with Gasteiger partial charge in [-0.05, 0) is 38.9 Å². The van der Waals surface area contributed by atoms with E-state index in [4.69, 9.17) is 14.0 Å². The quantitative estimate of drug-likeness (QED) is 0.0558. The molecule has 0 heterocycles. The summed E-state index contributed by atoms with van der Waals surface area (Å²) in [6.07, 6.45) is 20.7. The standard InChI is InChI=1S/C30H62NO6P/c1-5-8-9-10-11-12-13-14-15-16-17-18-19-20-22-25-35-27-30(37-29(4)32)28-36-38(33,34)26-23-21-24-31(6-2)7-3/h30H,5-28H2,1-4H3,(H,33,34). The second-order valence-electron chi connectivity index (χ2n) is 10.6. The van der Waals surface area contributed by atoms with Crippen LogP contribution in [-0.2, 0) is 23.4 Å². The van der Waals surface area contributed by atoms with Crippen LogP contribution in [0.25, 0.3) is 0 Å². The maximum atomic E-state index is 12.4. The molecule has 8 heteroatoms. The van der Waals surface area contributed by atoms with Crippen molar-refractivity contribution in [2.24, 2.45) is 0 Å². The van der Waals surface area contributed by atoms with Crippen LogP contribution in [0.3, 0.4) is 0 Å². The molecule has 0 aromatic rings. The Hall–Kier alpha value is -0.460. The van der Waals surface area contributed by atoms with E-state index >= 15 is 0 Å². The highest BCUT2D eigenvalue weighted by atomic mass is 31.2. The Kier molecular flexibility index (Phi) is 26.4. The van der Waals surface area contributed by atoms with Gasteiger partial charge in [-0.2, -0.15) is 0 Å². The molecule has 0 spiro atoms. The smallest absolute Gasteiger partial charge is 0.328 e.